The van der Waals surface area contributed by atoms with Crippen molar-refractivity contribution in [2.75, 3.05) is 13.2 Å². The van der Waals surface area contributed by atoms with Gasteiger partial charge in [0.25, 0.3) is 0 Å². The zero-order valence-electron chi connectivity index (χ0n) is 12.9. The molecule has 112 valence electrons. The van der Waals surface area contributed by atoms with E-state index in [2.05, 4.69) is 37.9 Å². The van der Waals surface area contributed by atoms with Crippen molar-refractivity contribution in [3.05, 3.63) is 53.1 Å². The number of hydrogen-bond donors (Lipinski definition) is 0. The number of benzene rings is 1. The van der Waals surface area contributed by atoms with Gasteiger partial charge in [0.15, 0.2) is 5.79 Å². The van der Waals surface area contributed by atoms with Crippen LogP contribution in [0.3, 0.4) is 0 Å². The van der Waals surface area contributed by atoms with Gasteiger partial charge in [-0.25, -0.2) is 4.98 Å². The molecule has 1 aromatic heterocycles. The lowest BCUT2D eigenvalue weighted by Crippen LogP contribution is -2.38. The Labute approximate surface area is 125 Å². The number of ether oxygens (including phenoxy) is 2. The summed E-state index contributed by atoms with van der Waals surface area (Å²) in [5.74, 6) is -0.578. The summed E-state index contributed by atoms with van der Waals surface area (Å²) in [5, 5.41) is 0. The van der Waals surface area contributed by atoms with Gasteiger partial charge in [-0.05, 0) is 37.5 Å². The van der Waals surface area contributed by atoms with Gasteiger partial charge in [-0.2, -0.15) is 0 Å². The minimum absolute atomic E-state index is 0.578. The van der Waals surface area contributed by atoms with E-state index >= 15 is 0 Å². The molecule has 1 aromatic carbocycles. The van der Waals surface area contributed by atoms with Crippen LogP contribution in [0, 0.1) is 20.8 Å². The average Bonchev–Trinajstić information content (AvgIpc) is 3.07. The molecule has 0 atom stereocenters. The van der Waals surface area contributed by atoms with E-state index < -0.39 is 5.79 Å². The number of imidazole rings is 1. The molecule has 4 nitrogen and oxygen atoms in total. The maximum Gasteiger partial charge on any atom is 0.190 e. The number of aryl methyl sites for hydroxylation is 3. The Kier molecular flexibility index (Phi) is 3.83. The average molecular weight is 286 g/mol. The van der Waals surface area contributed by atoms with E-state index in [0.717, 1.165) is 6.42 Å². The second-order valence-corrected chi connectivity index (χ2v) is 5.90. The van der Waals surface area contributed by atoms with Gasteiger partial charge in [0, 0.05) is 18.8 Å². The molecular formula is C17H22N2O2. The Morgan fingerprint density at radius 2 is 1.81 bits per heavy atom. The molecule has 4 heteroatoms. The van der Waals surface area contributed by atoms with Gasteiger partial charge < -0.3 is 14.0 Å². The molecule has 0 saturated carbocycles. The minimum Gasteiger partial charge on any atom is -0.345 e. The molecule has 0 bridgehead atoms. The highest BCUT2D eigenvalue weighted by atomic mass is 16.7. The molecule has 1 saturated heterocycles. The zero-order valence-corrected chi connectivity index (χ0v) is 12.9. The predicted octanol–water partition coefficient (Wildman–Crippen LogP) is 2.79. The highest BCUT2D eigenvalue weighted by Gasteiger charge is 2.38. The van der Waals surface area contributed by atoms with Crippen LogP contribution in [0.2, 0.25) is 0 Å². The van der Waals surface area contributed by atoms with Crippen molar-refractivity contribution in [3.63, 3.8) is 0 Å². The summed E-state index contributed by atoms with van der Waals surface area (Å²) in [6, 6.07) is 4.45. The van der Waals surface area contributed by atoms with Crippen molar-refractivity contribution in [2.45, 2.75) is 39.5 Å². The minimum atomic E-state index is -0.578. The van der Waals surface area contributed by atoms with E-state index in [1.807, 2.05) is 17.1 Å². The maximum atomic E-state index is 5.99. The third kappa shape index (κ3) is 3.01. The molecule has 0 spiro atoms. The summed E-state index contributed by atoms with van der Waals surface area (Å²) >= 11 is 0. The highest BCUT2D eigenvalue weighted by molar-refractivity contribution is 5.38. The van der Waals surface area contributed by atoms with Gasteiger partial charge >= 0.3 is 0 Å². The second-order valence-electron chi connectivity index (χ2n) is 5.90. The Morgan fingerprint density at radius 3 is 2.38 bits per heavy atom. The van der Waals surface area contributed by atoms with Gasteiger partial charge in [0.2, 0.25) is 0 Å². The van der Waals surface area contributed by atoms with E-state index in [9.17, 15) is 0 Å². The second kappa shape index (κ2) is 5.62. The number of hydrogen-bond acceptors (Lipinski definition) is 3. The third-order valence-electron chi connectivity index (χ3n) is 4.08. The molecule has 0 amide bonds. The van der Waals surface area contributed by atoms with Crippen LogP contribution in [0.15, 0.2) is 30.9 Å². The molecule has 1 aliphatic heterocycles. The summed E-state index contributed by atoms with van der Waals surface area (Å²) in [6.07, 6.45) is 6.30. The van der Waals surface area contributed by atoms with Crippen LogP contribution in [0.25, 0.3) is 0 Å². The van der Waals surface area contributed by atoms with Crippen LogP contribution >= 0.6 is 0 Å². The summed E-state index contributed by atoms with van der Waals surface area (Å²) in [4.78, 5) is 4.10. The van der Waals surface area contributed by atoms with Crippen LogP contribution in [0.4, 0.5) is 0 Å². The van der Waals surface area contributed by atoms with E-state index in [1.54, 1.807) is 6.20 Å². The van der Waals surface area contributed by atoms with Crippen molar-refractivity contribution >= 4 is 0 Å². The molecule has 21 heavy (non-hydrogen) atoms. The molecule has 0 radical (unpaired) electrons. The summed E-state index contributed by atoms with van der Waals surface area (Å²) < 4.78 is 14.0. The summed E-state index contributed by atoms with van der Waals surface area (Å²) in [7, 11) is 0. The molecule has 2 heterocycles. The number of nitrogens with zero attached hydrogens (tertiary/aromatic N) is 2. The first-order valence-corrected chi connectivity index (χ1v) is 7.38. The SMILES string of the molecule is Cc1cc(C)c(CC2(Cn3ccnc3)OCCO2)c(C)c1. The zero-order chi connectivity index (χ0) is 14.9. The fourth-order valence-corrected chi connectivity index (χ4v) is 3.16. The lowest BCUT2D eigenvalue weighted by atomic mass is 9.93. The molecule has 1 aliphatic rings. The monoisotopic (exact) mass is 286 g/mol. The molecule has 0 N–H and O–H groups in total. The fourth-order valence-electron chi connectivity index (χ4n) is 3.16. The van der Waals surface area contributed by atoms with Crippen molar-refractivity contribution in [1.82, 2.24) is 9.55 Å². The summed E-state index contributed by atoms with van der Waals surface area (Å²) in [6.45, 7) is 8.43. The van der Waals surface area contributed by atoms with Gasteiger partial charge in [0.05, 0.1) is 26.1 Å². The Balaban J connectivity index is 1.89. The Hall–Kier alpha value is -1.65. The standard InChI is InChI=1S/C17H22N2O2/c1-13-8-14(2)16(15(3)9-13)10-17(20-6-7-21-17)11-19-5-4-18-12-19/h4-5,8-9,12H,6-7,10-11H2,1-3H3. The van der Waals surface area contributed by atoms with Crippen LogP contribution in [0.5, 0.6) is 0 Å². The Morgan fingerprint density at radius 1 is 1.14 bits per heavy atom. The molecule has 0 unspecified atom stereocenters. The lowest BCUT2D eigenvalue weighted by molar-refractivity contribution is -0.166. The van der Waals surface area contributed by atoms with Crippen LogP contribution in [-0.2, 0) is 22.4 Å². The predicted molar refractivity (Wildman–Crippen MR) is 81.2 cm³/mol. The molecule has 3 rings (SSSR count). The third-order valence-corrected chi connectivity index (χ3v) is 4.08. The van der Waals surface area contributed by atoms with Gasteiger partial charge in [-0.15, -0.1) is 0 Å². The largest absolute Gasteiger partial charge is 0.345 e. The molecular weight excluding hydrogens is 264 g/mol. The first-order valence-electron chi connectivity index (χ1n) is 7.38. The van der Waals surface area contributed by atoms with Gasteiger partial charge in [0.1, 0.15) is 0 Å². The van der Waals surface area contributed by atoms with Crippen LogP contribution in [-0.4, -0.2) is 28.6 Å². The van der Waals surface area contributed by atoms with Crippen molar-refractivity contribution in [2.24, 2.45) is 0 Å². The number of aromatic nitrogens is 2. The van der Waals surface area contributed by atoms with Crippen LogP contribution < -0.4 is 0 Å². The van der Waals surface area contributed by atoms with Gasteiger partial charge in [-0.1, -0.05) is 17.7 Å². The number of rotatable bonds is 4. The topological polar surface area (TPSA) is 36.3 Å². The van der Waals surface area contributed by atoms with E-state index in [4.69, 9.17) is 9.47 Å². The molecule has 0 aliphatic carbocycles. The highest BCUT2D eigenvalue weighted by Crippen LogP contribution is 2.29. The Bertz CT molecular complexity index is 591. The lowest BCUT2D eigenvalue weighted by Gasteiger charge is -2.29. The normalized spacial score (nSPS) is 17.3. The summed E-state index contributed by atoms with van der Waals surface area (Å²) in [5.41, 5.74) is 5.22. The maximum absolute atomic E-state index is 5.99. The van der Waals surface area contributed by atoms with Crippen LogP contribution in [0.1, 0.15) is 22.3 Å². The first kappa shape index (κ1) is 14.3. The molecule has 2 aromatic rings. The fraction of sp³-hybridized carbons (Fsp3) is 0.471. The quantitative estimate of drug-likeness (QED) is 0.867. The van der Waals surface area contributed by atoms with Crippen molar-refractivity contribution in [3.8, 4) is 0 Å². The van der Waals surface area contributed by atoms with Crippen molar-refractivity contribution < 1.29 is 9.47 Å². The van der Waals surface area contributed by atoms with Gasteiger partial charge in [-0.3, -0.25) is 0 Å². The molecule has 1 fully saturated rings. The van der Waals surface area contributed by atoms with E-state index in [-0.39, 0.29) is 0 Å². The van der Waals surface area contributed by atoms with E-state index in [1.165, 1.54) is 22.3 Å². The van der Waals surface area contributed by atoms with Crippen molar-refractivity contribution in [1.29, 1.82) is 0 Å². The first-order chi connectivity index (χ1) is 10.1. The van der Waals surface area contributed by atoms with E-state index in [0.29, 0.717) is 19.8 Å². The smallest absolute Gasteiger partial charge is 0.190 e.